The monoisotopic (exact) mass is 514 g/mol. The molecular weight excluding hydrogens is 507 g/mol. The summed E-state index contributed by atoms with van der Waals surface area (Å²) in [6.45, 7) is 0. The molecule has 0 radical (unpaired) electrons. The van der Waals surface area contributed by atoms with E-state index < -0.39 is 0 Å². The molecule has 0 bridgehead atoms. The molecule has 0 unspecified atom stereocenters. The lowest BCUT2D eigenvalue weighted by Gasteiger charge is -2.14. The van der Waals surface area contributed by atoms with Crippen LogP contribution in [0.3, 0.4) is 0 Å². The number of hydrogen-bond acceptors (Lipinski definition) is 4. The van der Waals surface area contributed by atoms with E-state index in [1.54, 1.807) is 6.07 Å². The van der Waals surface area contributed by atoms with Crippen molar-refractivity contribution in [1.82, 2.24) is 9.97 Å². The van der Waals surface area contributed by atoms with Crippen molar-refractivity contribution < 1.29 is 9.53 Å². The van der Waals surface area contributed by atoms with Crippen LogP contribution in [-0.2, 0) is 0 Å². The summed E-state index contributed by atoms with van der Waals surface area (Å²) in [7, 11) is 1.43. The second-order valence-electron chi connectivity index (χ2n) is 5.14. The zero-order valence-corrected chi connectivity index (χ0v) is 17.9. The standard InChI is InChI=1S/C18H10Br2Cl2N2O2/c1-26-18-13(8-25)23-16(9-4-2-6-11(19)14(9)21)17(24-18)10-5-3-7-12(20)15(10)22/h2-8H,1H3. The third-order valence-electron chi connectivity index (χ3n) is 3.61. The highest BCUT2D eigenvalue weighted by atomic mass is 79.9. The Balaban J connectivity index is 2.40. The highest BCUT2D eigenvalue weighted by Crippen LogP contribution is 2.41. The van der Waals surface area contributed by atoms with Gasteiger partial charge in [0.1, 0.15) is 5.69 Å². The van der Waals surface area contributed by atoms with E-state index in [-0.39, 0.29) is 11.6 Å². The number of carbonyl (C=O) groups is 1. The molecule has 8 heteroatoms. The molecule has 0 aliphatic rings. The summed E-state index contributed by atoms with van der Waals surface area (Å²) in [5.41, 5.74) is 2.21. The fourth-order valence-electron chi connectivity index (χ4n) is 2.41. The van der Waals surface area contributed by atoms with Crippen LogP contribution in [0.4, 0.5) is 0 Å². The van der Waals surface area contributed by atoms with Crippen LogP contribution in [-0.4, -0.2) is 23.4 Å². The molecule has 0 fully saturated rings. The Morgan fingerprint density at radius 3 is 1.88 bits per heavy atom. The van der Waals surface area contributed by atoms with Gasteiger partial charge in [0.05, 0.1) is 22.8 Å². The third kappa shape index (κ3) is 3.51. The summed E-state index contributed by atoms with van der Waals surface area (Å²) in [6, 6.07) is 10.9. The van der Waals surface area contributed by atoms with Gasteiger partial charge in [0.15, 0.2) is 12.0 Å². The molecule has 0 saturated heterocycles. The molecule has 0 saturated carbocycles. The van der Waals surface area contributed by atoms with Crippen LogP contribution in [0.2, 0.25) is 10.0 Å². The Morgan fingerprint density at radius 1 is 0.923 bits per heavy atom. The lowest BCUT2D eigenvalue weighted by atomic mass is 10.0. The highest BCUT2D eigenvalue weighted by molar-refractivity contribution is 9.10. The zero-order valence-electron chi connectivity index (χ0n) is 13.3. The largest absolute Gasteiger partial charge is 0.479 e. The molecular formula is C18H10Br2Cl2N2O2. The summed E-state index contributed by atoms with van der Waals surface area (Å²) < 4.78 is 6.62. The molecule has 0 atom stereocenters. The third-order valence-corrected chi connectivity index (χ3v) is 6.20. The molecule has 3 aromatic rings. The summed E-state index contributed by atoms with van der Waals surface area (Å²) in [4.78, 5) is 20.4. The summed E-state index contributed by atoms with van der Waals surface area (Å²) in [5, 5.41) is 0.922. The second kappa shape index (κ2) is 8.05. The Morgan fingerprint density at radius 2 is 1.42 bits per heavy atom. The van der Waals surface area contributed by atoms with E-state index in [4.69, 9.17) is 27.9 Å². The Labute approximate surface area is 176 Å². The van der Waals surface area contributed by atoms with Crippen LogP contribution in [0.1, 0.15) is 10.5 Å². The maximum Gasteiger partial charge on any atom is 0.243 e. The van der Waals surface area contributed by atoms with E-state index in [9.17, 15) is 4.79 Å². The first-order chi connectivity index (χ1) is 12.5. The molecule has 0 aliphatic heterocycles. The number of carbonyl (C=O) groups excluding carboxylic acids is 1. The van der Waals surface area contributed by atoms with E-state index in [0.717, 1.165) is 0 Å². The molecule has 4 nitrogen and oxygen atoms in total. The fourth-order valence-corrected chi connectivity index (χ4v) is 3.57. The minimum atomic E-state index is 0.0772. The van der Waals surface area contributed by atoms with E-state index in [2.05, 4.69) is 41.8 Å². The molecule has 1 heterocycles. The SMILES string of the molecule is COc1nc(-c2cccc(Br)c2Cl)c(-c2cccc(Br)c2Cl)nc1C=O. The number of methoxy groups -OCH3 is 1. The van der Waals surface area contributed by atoms with Crippen molar-refractivity contribution in [3.63, 3.8) is 0 Å². The number of aromatic nitrogens is 2. The smallest absolute Gasteiger partial charge is 0.243 e. The van der Waals surface area contributed by atoms with Crippen molar-refractivity contribution in [2.75, 3.05) is 7.11 Å². The second-order valence-corrected chi connectivity index (χ2v) is 7.60. The van der Waals surface area contributed by atoms with Crippen LogP contribution >= 0.6 is 55.1 Å². The molecule has 3 rings (SSSR count). The van der Waals surface area contributed by atoms with E-state index in [0.29, 0.717) is 47.8 Å². The van der Waals surface area contributed by atoms with Crippen LogP contribution in [0.15, 0.2) is 45.3 Å². The van der Waals surface area contributed by atoms with Gasteiger partial charge in [-0.25, -0.2) is 9.97 Å². The topological polar surface area (TPSA) is 52.1 Å². The Kier molecular flexibility index (Phi) is 5.97. The van der Waals surface area contributed by atoms with Crippen molar-refractivity contribution >= 4 is 61.3 Å². The van der Waals surface area contributed by atoms with Crippen LogP contribution in [0, 0.1) is 0 Å². The lowest BCUT2D eigenvalue weighted by Crippen LogP contribution is -2.03. The van der Waals surface area contributed by atoms with Crippen molar-refractivity contribution in [2.24, 2.45) is 0 Å². The van der Waals surface area contributed by atoms with Gasteiger partial charge in [-0.2, -0.15) is 0 Å². The van der Waals surface area contributed by atoms with Crippen LogP contribution in [0.5, 0.6) is 5.88 Å². The predicted molar refractivity (Wildman–Crippen MR) is 110 cm³/mol. The average Bonchev–Trinajstić information content (AvgIpc) is 2.65. The number of hydrogen-bond donors (Lipinski definition) is 0. The number of halogens is 4. The number of benzene rings is 2. The van der Waals surface area contributed by atoms with E-state index in [1.807, 2.05) is 30.3 Å². The predicted octanol–water partition coefficient (Wildman–Crippen LogP) is 6.46. The first-order valence-electron chi connectivity index (χ1n) is 7.28. The zero-order chi connectivity index (χ0) is 18.8. The molecule has 2 aromatic carbocycles. The maximum atomic E-state index is 11.4. The minimum Gasteiger partial charge on any atom is -0.479 e. The van der Waals surface area contributed by atoms with Gasteiger partial charge in [-0.05, 0) is 44.0 Å². The highest BCUT2D eigenvalue weighted by Gasteiger charge is 2.21. The minimum absolute atomic E-state index is 0.0772. The average molecular weight is 517 g/mol. The first-order valence-corrected chi connectivity index (χ1v) is 9.62. The molecule has 132 valence electrons. The van der Waals surface area contributed by atoms with Crippen LogP contribution < -0.4 is 4.74 Å². The molecule has 0 N–H and O–H groups in total. The van der Waals surface area contributed by atoms with Gasteiger partial charge < -0.3 is 4.74 Å². The van der Waals surface area contributed by atoms with Gasteiger partial charge in [0, 0.05) is 20.1 Å². The quantitative estimate of drug-likeness (QED) is 0.373. The van der Waals surface area contributed by atoms with Gasteiger partial charge in [0.25, 0.3) is 0 Å². The van der Waals surface area contributed by atoms with Gasteiger partial charge >= 0.3 is 0 Å². The summed E-state index contributed by atoms with van der Waals surface area (Å²) in [5.74, 6) is 0.112. The van der Waals surface area contributed by atoms with Gasteiger partial charge in [-0.3, -0.25) is 4.79 Å². The number of nitrogens with zero attached hydrogens (tertiary/aromatic N) is 2. The van der Waals surface area contributed by atoms with Gasteiger partial charge in [-0.15, -0.1) is 0 Å². The van der Waals surface area contributed by atoms with Crippen molar-refractivity contribution in [3.8, 4) is 28.4 Å². The lowest BCUT2D eigenvalue weighted by molar-refractivity contribution is 0.111. The van der Waals surface area contributed by atoms with Crippen molar-refractivity contribution in [1.29, 1.82) is 0 Å². The normalized spacial score (nSPS) is 10.7. The molecule has 0 spiro atoms. The Bertz CT molecular complexity index is 1010. The Hall–Kier alpha value is -1.47. The van der Waals surface area contributed by atoms with Crippen molar-refractivity contribution in [3.05, 3.63) is 61.1 Å². The number of ether oxygens (including phenoxy) is 1. The summed E-state index contributed by atoms with van der Waals surface area (Å²) in [6.07, 6.45) is 0.591. The molecule has 26 heavy (non-hydrogen) atoms. The van der Waals surface area contributed by atoms with E-state index in [1.165, 1.54) is 7.11 Å². The van der Waals surface area contributed by atoms with Gasteiger partial charge in [0.2, 0.25) is 5.88 Å². The van der Waals surface area contributed by atoms with E-state index >= 15 is 0 Å². The summed E-state index contributed by atoms with van der Waals surface area (Å²) >= 11 is 19.7. The number of aldehydes is 1. The van der Waals surface area contributed by atoms with Crippen molar-refractivity contribution in [2.45, 2.75) is 0 Å². The maximum absolute atomic E-state index is 11.4. The number of rotatable bonds is 4. The van der Waals surface area contributed by atoms with Gasteiger partial charge in [-0.1, -0.05) is 47.5 Å². The van der Waals surface area contributed by atoms with Crippen LogP contribution in [0.25, 0.3) is 22.5 Å². The molecule has 0 amide bonds. The fraction of sp³-hybridized carbons (Fsp3) is 0.0556. The first kappa shape index (κ1) is 19.3. The molecule has 0 aliphatic carbocycles. The molecule has 1 aromatic heterocycles.